The molecule has 0 bridgehead atoms. The molecule has 0 radical (unpaired) electrons. The van der Waals surface area contributed by atoms with E-state index in [2.05, 4.69) is 42.4 Å². The lowest BCUT2D eigenvalue weighted by Gasteiger charge is -2.11. The van der Waals surface area contributed by atoms with E-state index in [0.29, 0.717) is 0 Å². The second kappa shape index (κ2) is 5.43. The number of nitrogens with zero attached hydrogens (tertiary/aromatic N) is 3. The van der Waals surface area contributed by atoms with E-state index in [1.165, 1.54) is 5.39 Å². The van der Waals surface area contributed by atoms with E-state index >= 15 is 0 Å². The van der Waals surface area contributed by atoms with Gasteiger partial charge in [-0.05, 0) is 25.3 Å². The van der Waals surface area contributed by atoms with Crippen molar-refractivity contribution in [1.29, 1.82) is 0 Å². The Bertz CT molecular complexity index is 510. The van der Waals surface area contributed by atoms with Crippen molar-refractivity contribution in [2.45, 2.75) is 13.8 Å². The number of rotatable bonds is 4. The Morgan fingerprint density at radius 3 is 2.41 bits per heavy atom. The van der Waals surface area contributed by atoms with Crippen LogP contribution < -0.4 is 0 Å². The van der Waals surface area contributed by atoms with Crippen LogP contribution in [-0.4, -0.2) is 18.1 Å². The predicted octanol–water partition coefficient (Wildman–Crippen LogP) is 4.18. The molecule has 2 aromatic carbocycles. The first-order chi connectivity index (χ1) is 8.35. The quantitative estimate of drug-likeness (QED) is 0.568. The van der Waals surface area contributed by atoms with Crippen LogP contribution in [0.25, 0.3) is 10.8 Å². The van der Waals surface area contributed by atoms with Crippen molar-refractivity contribution in [3.8, 4) is 0 Å². The molecule has 2 aromatic rings. The monoisotopic (exact) mass is 227 g/mol. The minimum Gasteiger partial charge on any atom is -0.279 e. The Labute approximate surface area is 102 Å². The first-order valence-corrected chi connectivity index (χ1v) is 5.99. The Kier molecular flexibility index (Phi) is 3.70. The fourth-order valence-electron chi connectivity index (χ4n) is 1.76. The highest BCUT2D eigenvalue weighted by atomic mass is 15.5. The molecule has 0 aliphatic heterocycles. The summed E-state index contributed by atoms with van der Waals surface area (Å²) >= 11 is 0. The van der Waals surface area contributed by atoms with Crippen LogP contribution in [0, 0.1) is 0 Å². The molecule has 3 heteroatoms. The van der Waals surface area contributed by atoms with Gasteiger partial charge in [0.1, 0.15) is 0 Å². The van der Waals surface area contributed by atoms with E-state index in [1.54, 1.807) is 0 Å². The second-order valence-electron chi connectivity index (χ2n) is 3.83. The maximum atomic E-state index is 4.33. The van der Waals surface area contributed by atoms with Crippen LogP contribution >= 0.6 is 0 Å². The third kappa shape index (κ3) is 2.61. The maximum Gasteiger partial charge on any atom is 0.0952 e. The Morgan fingerprint density at radius 2 is 1.65 bits per heavy atom. The van der Waals surface area contributed by atoms with Gasteiger partial charge >= 0.3 is 0 Å². The van der Waals surface area contributed by atoms with Gasteiger partial charge in [-0.25, -0.2) is 0 Å². The summed E-state index contributed by atoms with van der Waals surface area (Å²) in [6.07, 6.45) is 0. The van der Waals surface area contributed by atoms with Gasteiger partial charge in [-0.15, -0.1) is 5.11 Å². The molecule has 0 aliphatic rings. The lowest BCUT2D eigenvalue weighted by Crippen LogP contribution is -2.14. The van der Waals surface area contributed by atoms with E-state index < -0.39 is 0 Å². The molecule has 0 fully saturated rings. The average Bonchev–Trinajstić information content (AvgIpc) is 2.40. The van der Waals surface area contributed by atoms with Gasteiger partial charge in [0, 0.05) is 18.5 Å². The smallest absolute Gasteiger partial charge is 0.0952 e. The van der Waals surface area contributed by atoms with Gasteiger partial charge in [0.25, 0.3) is 0 Å². The summed E-state index contributed by atoms with van der Waals surface area (Å²) in [6, 6.07) is 14.3. The topological polar surface area (TPSA) is 28.0 Å². The highest BCUT2D eigenvalue weighted by Crippen LogP contribution is 2.25. The zero-order valence-corrected chi connectivity index (χ0v) is 10.3. The van der Waals surface area contributed by atoms with E-state index in [1.807, 2.05) is 29.3 Å². The van der Waals surface area contributed by atoms with Crippen molar-refractivity contribution in [1.82, 2.24) is 5.01 Å². The highest BCUT2D eigenvalue weighted by Gasteiger charge is 1.99. The maximum absolute atomic E-state index is 4.33. The van der Waals surface area contributed by atoms with Crippen molar-refractivity contribution in [3.05, 3.63) is 42.5 Å². The van der Waals surface area contributed by atoms with Crippen molar-refractivity contribution < 1.29 is 0 Å². The van der Waals surface area contributed by atoms with Crippen LogP contribution in [0.1, 0.15) is 13.8 Å². The van der Waals surface area contributed by atoms with Gasteiger partial charge in [0.05, 0.1) is 5.69 Å². The van der Waals surface area contributed by atoms with Gasteiger partial charge in [0.15, 0.2) is 0 Å². The van der Waals surface area contributed by atoms with Gasteiger partial charge in [0.2, 0.25) is 0 Å². The van der Waals surface area contributed by atoms with E-state index in [0.717, 1.165) is 24.2 Å². The third-order valence-corrected chi connectivity index (χ3v) is 2.78. The molecular formula is C14H17N3. The molecular weight excluding hydrogens is 210 g/mol. The summed E-state index contributed by atoms with van der Waals surface area (Å²) in [5.74, 6) is 0. The molecule has 0 heterocycles. The summed E-state index contributed by atoms with van der Waals surface area (Å²) in [5.41, 5.74) is 0.926. The lowest BCUT2D eigenvalue weighted by atomic mass is 10.1. The predicted molar refractivity (Wildman–Crippen MR) is 71.4 cm³/mol. The molecule has 0 saturated carbocycles. The third-order valence-electron chi connectivity index (χ3n) is 2.78. The summed E-state index contributed by atoms with van der Waals surface area (Å²) in [4.78, 5) is 0. The number of fused-ring (bicyclic) bond motifs is 1. The first-order valence-electron chi connectivity index (χ1n) is 5.99. The Hall–Kier alpha value is -1.90. The standard InChI is InChI=1S/C14H17N3/c1-3-17(4-2)16-15-14-11-7-9-12-8-5-6-10-13(12)14/h5-11H,3-4H2,1-2H3. The van der Waals surface area contributed by atoms with Gasteiger partial charge < -0.3 is 0 Å². The van der Waals surface area contributed by atoms with Crippen LogP contribution in [-0.2, 0) is 0 Å². The zero-order valence-electron chi connectivity index (χ0n) is 10.3. The van der Waals surface area contributed by atoms with E-state index in [9.17, 15) is 0 Å². The van der Waals surface area contributed by atoms with Crippen LogP contribution in [0.4, 0.5) is 5.69 Å². The Balaban J connectivity index is 2.36. The number of benzene rings is 2. The minimum atomic E-state index is 0.880. The van der Waals surface area contributed by atoms with Gasteiger partial charge in [-0.3, -0.25) is 5.01 Å². The van der Waals surface area contributed by atoms with Crippen molar-refractivity contribution in [3.63, 3.8) is 0 Å². The molecule has 0 spiro atoms. The normalized spacial score (nSPS) is 11.2. The van der Waals surface area contributed by atoms with Crippen LogP contribution in [0.5, 0.6) is 0 Å². The van der Waals surface area contributed by atoms with E-state index in [4.69, 9.17) is 0 Å². The molecule has 2 rings (SSSR count). The van der Waals surface area contributed by atoms with Gasteiger partial charge in [-0.2, -0.15) is 0 Å². The molecule has 0 aromatic heterocycles. The Morgan fingerprint density at radius 1 is 0.941 bits per heavy atom. The SMILES string of the molecule is CCN(CC)N=Nc1cccc2ccccc12. The molecule has 88 valence electrons. The van der Waals surface area contributed by atoms with Gasteiger partial charge in [-0.1, -0.05) is 41.6 Å². The lowest BCUT2D eigenvalue weighted by molar-refractivity contribution is 0.301. The number of hydrogen-bond donors (Lipinski definition) is 0. The van der Waals surface area contributed by atoms with E-state index in [-0.39, 0.29) is 0 Å². The van der Waals surface area contributed by atoms with Crippen LogP contribution in [0.15, 0.2) is 52.8 Å². The molecule has 0 saturated heterocycles. The average molecular weight is 227 g/mol. The fourth-order valence-corrected chi connectivity index (χ4v) is 1.76. The summed E-state index contributed by atoms with van der Waals surface area (Å²) in [6.45, 7) is 5.91. The molecule has 0 N–H and O–H groups in total. The molecule has 0 aliphatic carbocycles. The van der Waals surface area contributed by atoms with Crippen LogP contribution in [0.3, 0.4) is 0 Å². The molecule has 0 amide bonds. The van der Waals surface area contributed by atoms with Crippen molar-refractivity contribution in [2.24, 2.45) is 10.3 Å². The highest BCUT2D eigenvalue weighted by molar-refractivity contribution is 5.92. The molecule has 0 atom stereocenters. The number of hydrogen-bond acceptors (Lipinski definition) is 2. The molecule has 0 unspecified atom stereocenters. The fraction of sp³-hybridized carbons (Fsp3) is 0.286. The zero-order chi connectivity index (χ0) is 12.1. The minimum absolute atomic E-state index is 0.880. The molecule has 17 heavy (non-hydrogen) atoms. The van der Waals surface area contributed by atoms with Crippen molar-refractivity contribution in [2.75, 3.05) is 13.1 Å². The summed E-state index contributed by atoms with van der Waals surface area (Å²) in [7, 11) is 0. The largest absolute Gasteiger partial charge is 0.279 e. The van der Waals surface area contributed by atoms with Crippen LogP contribution in [0.2, 0.25) is 0 Å². The first kappa shape index (κ1) is 11.6. The summed E-state index contributed by atoms with van der Waals surface area (Å²) < 4.78 is 0. The second-order valence-corrected chi connectivity index (χ2v) is 3.83. The van der Waals surface area contributed by atoms with Crippen molar-refractivity contribution >= 4 is 16.5 Å². The molecule has 3 nitrogen and oxygen atoms in total. The summed E-state index contributed by atoms with van der Waals surface area (Å²) in [5, 5.41) is 12.8.